The fourth-order valence-electron chi connectivity index (χ4n) is 5.00. The molecule has 0 bridgehead atoms. The number of carbonyl (C=O) groups excluding carboxylic acids is 3. The highest BCUT2D eigenvalue weighted by atomic mass is 16.2. The van der Waals surface area contributed by atoms with Crippen LogP contribution in [0.4, 0.5) is 21.0 Å². The fraction of sp³-hybridized carbons (Fsp3) is 0.400. The lowest BCUT2D eigenvalue weighted by Gasteiger charge is -2.32. The van der Waals surface area contributed by atoms with Gasteiger partial charge in [0.15, 0.2) is 0 Å². The Hall–Kier alpha value is -3.35. The van der Waals surface area contributed by atoms with Crippen LogP contribution < -0.4 is 20.9 Å². The molecule has 3 N–H and O–H groups in total. The molecular weight excluding hydrogens is 404 g/mol. The molecule has 5 amide bonds. The zero-order chi connectivity index (χ0) is 22.5. The monoisotopic (exact) mass is 432 g/mol. The van der Waals surface area contributed by atoms with Crippen molar-refractivity contribution in [2.75, 3.05) is 10.2 Å². The van der Waals surface area contributed by atoms with Crippen LogP contribution in [0.2, 0.25) is 0 Å². The summed E-state index contributed by atoms with van der Waals surface area (Å²) in [6.45, 7) is 3.94. The summed E-state index contributed by atoms with van der Waals surface area (Å²) in [5.41, 5.74) is 2.56. The molecule has 7 heteroatoms. The van der Waals surface area contributed by atoms with Gasteiger partial charge in [0.25, 0.3) is 5.91 Å². The van der Waals surface area contributed by atoms with E-state index in [1.807, 2.05) is 12.1 Å². The number of imide groups is 1. The van der Waals surface area contributed by atoms with Gasteiger partial charge in [-0.2, -0.15) is 0 Å². The molecule has 3 aliphatic rings. The third-order valence-electron chi connectivity index (χ3n) is 7.09. The third-order valence-corrected chi connectivity index (χ3v) is 7.09. The number of rotatable bonds is 4. The molecule has 7 nitrogen and oxygen atoms in total. The molecule has 0 aromatic heterocycles. The Morgan fingerprint density at radius 1 is 1.09 bits per heavy atom. The Labute approximate surface area is 187 Å². The van der Waals surface area contributed by atoms with Gasteiger partial charge in [0.2, 0.25) is 0 Å². The molecule has 2 aliphatic carbocycles. The van der Waals surface area contributed by atoms with E-state index in [4.69, 9.17) is 0 Å². The molecule has 2 fully saturated rings. The number of hydrogen-bond donors (Lipinski definition) is 3. The number of nitrogens with one attached hydrogen (secondary N) is 3. The van der Waals surface area contributed by atoms with Crippen LogP contribution in [0.15, 0.2) is 48.5 Å². The standard InChI is InChI=1S/C25H28N4O3/c1-15-10-11-16-6-3-4-9-20(16)21(15)27-23(31)26-18-7-5-8-19(14-18)29-22(30)25(2,17-12-13-17)28-24(29)32/h3-9,14-15,17,21H,10-13H2,1-2H3,(H,28,32)(H2,26,27,31). The Morgan fingerprint density at radius 2 is 1.88 bits per heavy atom. The van der Waals surface area contributed by atoms with E-state index in [0.717, 1.165) is 31.2 Å². The van der Waals surface area contributed by atoms with Crippen LogP contribution in [-0.2, 0) is 11.2 Å². The number of fused-ring (bicyclic) bond motifs is 1. The van der Waals surface area contributed by atoms with Gasteiger partial charge in [-0.15, -0.1) is 0 Å². The minimum atomic E-state index is -0.845. The first kappa shape index (κ1) is 20.5. The average Bonchev–Trinajstić information content (AvgIpc) is 3.59. The van der Waals surface area contributed by atoms with Crippen molar-refractivity contribution in [1.29, 1.82) is 0 Å². The summed E-state index contributed by atoms with van der Waals surface area (Å²) in [6, 6.07) is 14.3. The highest BCUT2D eigenvalue weighted by Gasteiger charge is 2.56. The number of nitrogens with zero attached hydrogens (tertiary/aromatic N) is 1. The minimum absolute atomic E-state index is 0.0617. The van der Waals surface area contributed by atoms with Gasteiger partial charge in [-0.3, -0.25) is 4.79 Å². The van der Waals surface area contributed by atoms with Crippen molar-refractivity contribution < 1.29 is 14.4 Å². The van der Waals surface area contributed by atoms with Gasteiger partial charge in [-0.05, 0) is 73.8 Å². The van der Waals surface area contributed by atoms with Gasteiger partial charge in [-0.1, -0.05) is 37.3 Å². The summed E-state index contributed by atoms with van der Waals surface area (Å²) in [4.78, 5) is 39.6. The molecule has 1 saturated heterocycles. The molecule has 32 heavy (non-hydrogen) atoms. The molecule has 166 valence electrons. The molecule has 0 radical (unpaired) electrons. The van der Waals surface area contributed by atoms with Gasteiger partial charge in [0, 0.05) is 5.69 Å². The molecule has 2 aromatic rings. The van der Waals surface area contributed by atoms with Crippen LogP contribution >= 0.6 is 0 Å². The molecule has 5 rings (SSSR count). The molecule has 1 heterocycles. The Bertz CT molecular complexity index is 1100. The van der Waals surface area contributed by atoms with Crippen molar-refractivity contribution in [2.24, 2.45) is 11.8 Å². The SMILES string of the molecule is CC1CCc2ccccc2C1NC(=O)Nc1cccc(N2C(=O)NC(C)(C3CC3)C2=O)c1. The molecule has 1 aliphatic heterocycles. The first-order valence-electron chi connectivity index (χ1n) is 11.3. The molecule has 3 unspecified atom stereocenters. The summed E-state index contributed by atoms with van der Waals surface area (Å²) < 4.78 is 0. The van der Waals surface area contributed by atoms with Crippen LogP contribution in [0.5, 0.6) is 0 Å². The second-order valence-corrected chi connectivity index (χ2v) is 9.39. The Balaban J connectivity index is 1.31. The van der Waals surface area contributed by atoms with Crippen molar-refractivity contribution in [1.82, 2.24) is 10.6 Å². The van der Waals surface area contributed by atoms with Gasteiger partial charge in [0.05, 0.1) is 11.7 Å². The van der Waals surface area contributed by atoms with Crippen molar-refractivity contribution in [3.8, 4) is 0 Å². The van der Waals surface area contributed by atoms with Crippen molar-refractivity contribution in [3.05, 3.63) is 59.7 Å². The Kier molecular flexibility index (Phi) is 4.92. The number of amides is 5. The number of aryl methyl sites for hydroxylation is 1. The highest BCUT2D eigenvalue weighted by molar-refractivity contribution is 6.23. The van der Waals surface area contributed by atoms with Crippen LogP contribution in [-0.4, -0.2) is 23.5 Å². The minimum Gasteiger partial charge on any atom is -0.331 e. The summed E-state index contributed by atoms with van der Waals surface area (Å²) in [7, 11) is 0. The zero-order valence-electron chi connectivity index (χ0n) is 18.4. The predicted octanol–water partition coefficient (Wildman–Crippen LogP) is 4.36. The summed E-state index contributed by atoms with van der Waals surface area (Å²) in [6.07, 6.45) is 3.93. The number of hydrogen-bond acceptors (Lipinski definition) is 3. The second kappa shape index (κ2) is 7.65. The predicted molar refractivity (Wildman–Crippen MR) is 122 cm³/mol. The average molecular weight is 433 g/mol. The maximum atomic E-state index is 13.0. The highest BCUT2D eigenvalue weighted by Crippen LogP contribution is 2.43. The van der Waals surface area contributed by atoms with Crippen LogP contribution in [0, 0.1) is 11.8 Å². The molecule has 2 aromatic carbocycles. The first-order valence-corrected chi connectivity index (χ1v) is 11.3. The van der Waals surface area contributed by atoms with Gasteiger partial charge < -0.3 is 16.0 Å². The number of anilines is 2. The van der Waals surface area contributed by atoms with E-state index in [2.05, 4.69) is 35.0 Å². The van der Waals surface area contributed by atoms with E-state index >= 15 is 0 Å². The molecule has 1 saturated carbocycles. The molecule has 0 spiro atoms. The van der Waals surface area contributed by atoms with Gasteiger partial charge in [0.1, 0.15) is 5.54 Å². The number of carbonyl (C=O) groups is 3. The van der Waals surface area contributed by atoms with Crippen LogP contribution in [0.3, 0.4) is 0 Å². The second-order valence-electron chi connectivity index (χ2n) is 9.39. The molecule has 3 atom stereocenters. The third kappa shape index (κ3) is 3.51. The van der Waals surface area contributed by atoms with Gasteiger partial charge >= 0.3 is 12.1 Å². The molecular formula is C25H28N4O3. The lowest BCUT2D eigenvalue weighted by Crippen LogP contribution is -2.46. The van der Waals surface area contributed by atoms with E-state index in [9.17, 15) is 14.4 Å². The van der Waals surface area contributed by atoms with Gasteiger partial charge in [-0.25, -0.2) is 14.5 Å². The maximum absolute atomic E-state index is 13.0. The lowest BCUT2D eigenvalue weighted by atomic mass is 9.81. The quantitative estimate of drug-likeness (QED) is 0.627. The number of urea groups is 2. The summed E-state index contributed by atoms with van der Waals surface area (Å²) in [5.74, 6) is 0.281. The van der Waals surface area contributed by atoms with Crippen molar-refractivity contribution in [3.63, 3.8) is 0 Å². The smallest absolute Gasteiger partial charge is 0.329 e. The largest absolute Gasteiger partial charge is 0.331 e. The Morgan fingerprint density at radius 3 is 2.66 bits per heavy atom. The van der Waals surface area contributed by atoms with Crippen molar-refractivity contribution >= 4 is 29.3 Å². The van der Waals surface area contributed by atoms with E-state index in [1.165, 1.54) is 10.5 Å². The zero-order valence-corrected chi connectivity index (χ0v) is 18.4. The van der Waals surface area contributed by atoms with E-state index in [1.54, 1.807) is 31.2 Å². The normalized spacial score (nSPS) is 27.0. The summed E-state index contributed by atoms with van der Waals surface area (Å²) in [5, 5.41) is 8.83. The van der Waals surface area contributed by atoms with Crippen LogP contribution in [0.25, 0.3) is 0 Å². The first-order chi connectivity index (χ1) is 15.4. The van der Waals surface area contributed by atoms with E-state index in [-0.39, 0.29) is 23.9 Å². The van der Waals surface area contributed by atoms with E-state index in [0.29, 0.717) is 17.3 Å². The number of benzene rings is 2. The van der Waals surface area contributed by atoms with Crippen molar-refractivity contribution in [2.45, 2.75) is 51.1 Å². The topological polar surface area (TPSA) is 90.5 Å². The van der Waals surface area contributed by atoms with Crippen LogP contribution in [0.1, 0.15) is 50.3 Å². The van der Waals surface area contributed by atoms with E-state index < -0.39 is 11.6 Å². The lowest BCUT2D eigenvalue weighted by molar-refractivity contribution is -0.122. The summed E-state index contributed by atoms with van der Waals surface area (Å²) >= 11 is 0. The maximum Gasteiger partial charge on any atom is 0.329 e. The fourth-order valence-corrected chi connectivity index (χ4v) is 5.00.